The minimum absolute atomic E-state index is 0.288. The predicted molar refractivity (Wildman–Crippen MR) is 107 cm³/mol. The Morgan fingerprint density at radius 3 is 2.19 bits per heavy atom. The molecule has 1 atom stereocenters. The molecule has 0 radical (unpaired) electrons. The minimum atomic E-state index is 0.288. The zero-order valence-corrected chi connectivity index (χ0v) is 16.4. The Kier molecular flexibility index (Phi) is 5.91. The van der Waals surface area contributed by atoms with Crippen molar-refractivity contribution in [1.29, 1.82) is 0 Å². The van der Waals surface area contributed by atoms with Gasteiger partial charge in [0.2, 0.25) is 5.75 Å². The summed E-state index contributed by atoms with van der Waals surface area (Å²) >= 11 is 0. The molecule has 3 rings (SSSR count). The summed E-state index contributed by atoms with van der Waals surface area (Å²) in [5, 5.41) is 0. The maximum atomic E-state index is 6.03. The van der Waals surface area contributed by atoms with Crippen LogP contribution in [0.3, 0.4) is 0 Å². The summed E-state index contributed by atoms with van der Waals surface area (Å²) in [6.45, 7) is 0.601. The molecule has 5 heteroatoms. The summed E-state index contributed by atoms with van der Waals surface area (Å²) in [5.74, 6) is 3.12. The molecule has 2 aromatic rings. The maximum absolute atomic E-state index is 6.03. The van der Waals surface area contributed by atoms with Crippen LogP contribution in [-0.2, 0) is 6.42 Å². The molecule has 0 fully saturated rings. The molecule has 144 valence electrons. The zero-order valence-electron chi connectivity index (χ0n) is 16.4. The number of nitrogens with two attached hydrogens (primary N) is 1. The minimum Gasteiger partial charge on any atom is -0.497 e. The predicted octanol–water partition coefficient (Wildman–Crippen LogP) is 3.67. The van der Waals surface area contributed by atoms with E-state index >= 15 is 0 Å². The number of hydrogen-bond acceptors (Lipinski definition) is 5. The molecule has 0 heterocycles. The number of rotatable bonds is 6. The van der Waals surface area contributed by atoms with Gasteiger partial charge in [-0.15, -0.1) is 0 Å². The van der Waals surface area contributed by atoms with Crippen LogP contribution < -0.4 is 24.7 Å². The third-order valence-electron chi connectivity index (χ3n) is 5.09. The van der Waals surface area contributed by atoms with Crippen molar-refractivity contribution in [3.63, 3.8) is 0 Å². The van der Waals surface area contributed by atoms with Gasteiger partial charge in [-0.25, -0.2) is 0 Å². The van der Waals surface area contributed by atoms with Crippen LogP contribution in [0, 0.1) is 5.92 Å². The summed E-state index contributed by atoms with van der Waals surface area (Å²) in [5.41, 5.74) is 10.5. The van der Waals surface area contributed by atoms with Crippen LogP contribution in [0.15, 0.2) is 36.4 Å². The molecule has 2 N–H and O–H groups in total. The molecule has 0 unspecified atom stereocenters. The SMILES string of the molecule is COc1ccc(C2=C[C@H](CN)CCc3c2cc(OC)c(OC)c3OC)cc1. The van der Waals surface area contributed by atoms with Gasteiger partial charge < -0.3 is 24.7 Å². The second-order valence-electron chi connectivity index (χ2n) is 6.51. The summed E-state index contributed by atoms with van der Waals surface area (Å²) < 4.78 is 22.2. The lowest BCUT2D eigenvalue weighted by molar-refractivity contribution is 0.321. The molecule has 5 nitrogen and oxygen atoms in total. The molecular weight excluding hydrogens is 342 g/mol. The Labute approximate surface area is 160 Å². The van der Waals surface area contributed by atoms with Crippen LogP contribution in [-0.4, -0.2) is 35.0 Å². The van der Waals surface area contributed by atoms with E-state index in [4.69, 9.17) is 24.7 Å². The van der Waals surface area contributed by atoms with Crippen LogP contribution in [0.2, 0.25) is 0 Å². The molecule has 1 aliphatic rings. The molecule has 0 bridgehead atoms. The van der Waals surface area contributed by atoms with Gasteiger partial charge in [0.15, 0.2) is 11.5 Å². The molecule has 0 amide bonds. The van der Waals surface area contributed by atoms with Gasteiger partial charge in [-0.3, -0.25) is 0 Å². The molecule has 0 aromatic heterocycles. The molecule has 1 aliphatic carbocycles. The van der Waals surface area contributed by atoms with E-state index < -0.39 is 0 Å². The Morgan fingerprint density at radius 2 is 1.63 bits per heavy atom. The number of methoxy groups -OCH3 is 4. The maximum Gasteiger partial charge on any atom is 0.203 e. The van der Waals surface area contributed by atoms with Gasteiger partial charge in [0.25, 0.3) is 0 Å². The first-order valence-corrected chi connectivity index (χ1v) is 9.05. The molecule has 0 aliphatic heterocycles. The Balaban J connectivity index is 2.24. The first kappa shape index (κ1) is 19.1. The van der Waals surface area contributed by atoms with Crippen LogP contribution in [0.25, 0.3) is 5.57 Å². The van der Waals surface area contributed by atoms with Crippen LogP contribution in [0.1, 0.15) is 23.1 Å². The highest BCUT2D eigenvalue weighted by Crippen LogP contribution is 2.47. The van der Waals surface area contributed by atoms with Gasteiger partial charge in [-0.2, -0.15) is 0 Å². The van der Waals surface area contributed by atoms with E-state index in [-0.39, 0.29) is 5.92 Å². The average Bonchev–Trinajstić information content (AvgIpc) is 2.91. The van der Waals surface area contributed by atoms with E-state index in [0.29, 0.717) is 18.0 Å². The number of hydrogen-bond donors (Lipinski definition) is 1. The van der Waals surface area contributed by atoms with Crippen molar-refractivity contribution in [2.24, 2.45) is 11.7 Å². The third kappa shape index (κ3) is 3.60. The van der Waals surface area contributed by atoms with Gasteiger partial charge in [0, 0.05) is 5.56 Å². The molecule has 27 heavy (non-hydrogen) atoms. The second-order valence-corrected chi connectivity index (χ2v) is 6.51. The summed E-state index contributed by atoms with van der Waals surface area (Å²) in [6.07, 6.45) is 4.07. The molecule has 0 spiro atoms. The quantitative estimate of drug-likeness (QED) is 0.842. The number of benzene rings is 2. The second kappa shape index (κ2) is 8.35. The number of fused-ring (bicyclic) bond motifs is 1. The van der Waals surface area contributed by atoms with Crippen molar-refractivity contribution in [2.75, 3.05) is 35.0 Å². The van der Waals surface area contributed by atoms with Gasteiger partial charge >= 0.3 is 0 Å². The lowest BCUT2D eigenvalue weighted by Gasteiger charge is -2.20. The van der Waals surface area contributed by atoms with Gasteiger partial charge in [0.05, 0.1) is 28.4 Å². The lowest BCUT2D eigenvalue weighted by atomic mass is 9.92. The average molecular weight is 369 g/mol. The highest BCUT2D eigenvalue weighted by molar-refractivity contribution is 5.85. The van der Waals surface area contributed by atoms with Crippen LogP contribution in [0.4, 0.5) is 0 Å². The van der Waals surface area contributed by atoms with Crippen molar-refractivity contribution >= 4 is 5.57 Å². The third-order valence-corrected chi connectivity index (χ3v) is 5.09. The fourth-order valence-corrected chi connectivity index (χ4v) is 3.65. The van der Waals surface area contributed by atoms with E-state index in [9.17, 15) is 0 Å². The smallest absolute Gasteiger partial charge is 0.203 e. The molecule has 0 saturated carbocycles. The first-order chi connectivity index (χ1) is 13.2. The Bertz CT molecular complexity index is 827. The van der Waals surface area contributed by atoms with E-state index in [1.165, 1.54) is 0 Å². The van der Waals surface area contributed by atoms with E-state index in [1.807, 2.05) is 18.2 Å². The van der Waals surface area contributed by atoms with Gasteiger partial charge in [0.1, 0.15) is 5.75 Å². The summed E-state index contributed by atoms with van der Waals surface area (Å²) in [4.78, 5) is 0. The van der Waals surface area contributed by atoms with Crippen LogP contribution in [0.5, 0.6) is 23.0 Å². The van der Waals surface area contributed by atoms with Crippen molar-refractivity contribution in [3.05, 3.63) is 53.1 Å². The first-order valence-electron chi connectivity index (χ1n) is 9.05. The normalized spacial score (nSPS) is 16.0. The summed E-state index contributed by atoms with van der Waals surface area (Å²) in [7, 11) is 6.60. The molecular formula is C22H27NO4. The van der Waals surface area contributed by atoms with Crippen molar-refractivity contribution < 1.29 is 18.9 Å². The molecule has 0 saturated heterocycles. The standard InChI is InChI=1S/C22H27NO4/c1-24-16-8-6-15(7-9-16)18-11-14(13-23)5-10-17-19(18)12-20(25-2)22(27-4)21(17)26-3/h6-9,11-12,14H,5,10,13,23H2,1-4H3/t14-/m1/s1. The fraction of sp³-hybridized carbons (Fsp3) is 0.364. The van der Waals surface area contributed by atoms with Gasteiger partial charge in [-0.1, -0.05) is 18.2 Å². The van der Waals surface area contributed by atoms with Crippen LogP contribution >= 0.6 is 0 Å². The largest absolute Gasteiger partial charge is 0.497 e. The monoisotopic (exact) mass is 369 g/mol. The molecule has 2 aromatic carbocycles. The highest BCUT2D eigenvalue weighted by atomic mass is 16.5. The van der Waals surface area contributed by atoms with Crippen molar-refractivity contribution in [2.45, 2.75) is 12.8 Å². The van der Waals surface area contributed by atoms with Crippen molar-refractivity contribution in [3.8, 4) is 23.0 Å². The van der Waals surface area contributed by atoms with Crippen molar-refractivity contribution in [1.82, 2.24) is 0 Å². The van der Waals surface area contributed by atoms with Gasteiger partial charge in [-0.05, 0) is 60.2 Å². The zero-order chi connectivity index (χ0) is 19.4. The van der Waals surface area contributed by atoms with E-state index in [2.05, 4.69) is 18.2 Å². The highest BCUT2D eigenvalue weighted by Gasteiger charge is 2.26. The lowest BCUT2D eigenvalue weighted by Crippen LogP contribution is -2.12. The Hall–Kier alpha value is -2.66. The topological polar surface area (TPSA) is 62.9 Å². The number of ether oxygens (including phenoxy) is 4. The van der Waals surface area contributed by atoms with E-state index in [1.54, 1.807) is 28.4 Å². The summed E-state index contributed by atoms with van der Waals surface area (Å²) in [6, 6.07) is 10.1. The Morgan fingerprint density at radius 1 is 0.926 bits per heavy atom. The fourth-order valence-electron chi connectivity index (χ4n) is 3.65. The van der Waals surface area contributed by atoms with E-state index in [0.717, 1.165) is 46.6 Å².